The van der Waals surface area contributed by atoms with Gasteiger partial charge in [0.25, 0.3) is 0 Å². The SMILES string of the molecule is C=C/C(C(=C)/C(C)=C/c1cc(C(=C)C)ccc1C)=C(/N)N(C)c1ccc(Cc2cccc(C)c2C)cc1. The minimum absolute atomic E-state index is 0.613. The number of allylic oxidation sites excluding steroid dienone is 5. The van der Waals surface area contributed by atoms with Crippen molar-refractivity contribution < 1.29 is 0 Å². The molecule has 0 amide bonds. The van der Waals surface area contributed by atoms with Crippen LogP contribution in [0.5, 0.6) is 0 Å². The van der Waals surface area contributed by atoms with Crippen LogP contribution in [0.3, 0.4) is 0 Å². The lowest BCUT2D eigenvalue weighted by Crippen LogP contribution is -2.25. The molecule has 0 aliphatic carbocycles. The second kappa shape index (κ2) is 11.8. The number of anilines is 1. The van der Waals surface area contributed by atoms with Crippen molar-refractivity contribution in [1.29, 1.82) is 0 Å². The van der Waals surface area contributed by atoms with E-state index >= 15 is 0 Å². The Labute approximate surface area is 223 Å². The zero-order chi connectivity index (χ0) is 27.3. The van der Waals surface area contributed by atoms with E-state index in [2.05, 4.69) is 114 Å². The molecule has 0 fully saturated rings. The molecule has 0 unspecified atom stereocenters. The monoisotopic (exact) mass is 488 g/mol. The molecule has 3 rings (SSSR count). The molecule has 2 nitrogen and oxygen atoms in total. The molecule has 37 heavy (non-hydrogen) atoms. The Bertz CT molecular complexity index is 1400. The minimum atomic E-state index is 0.613. The Balaban J connectivity index is 1.85. The number of hydrogen-bond donors (Lipinski definition) is 1. The van der Waals surface area contributed by atoms with E-state index in [1.807, 2.05) is 18.9 Å². The Kier molecular flexibility index (Phi) is 8.78. The standard InChI is InChI=1S/C35H40N2/c1-10-34(28(8)26(6)20-32-22-30(23(2)3)17-14-25(32)5)35(36)37(9)33-18-15-29(16-19-33)21-31-13-11-12-24(4)27(31)7/h10-20,22H,1-2,8,21,36H2,3-7,9H3/b26-20+,35-34+. The molecule has 2 N–H and O–H groups in total. The number of benzene rings is 3. The number of nitrogens with zero attached hydrogens (tertiary/aromatic N) is 1. The highest BCUT2D eigenvalue weighted by atomic mass is 15.2. The fourth-order valence-electron chi connectivity index (χ4n) is 4.36. The van der Waals surface area contributed by atoms with Crippen LogP contribution in [0, 0.1) is 20.8 Å². The number of nitrogens with two attached hydrogens (primary N) is 1. The molecule has 3 aromatic carbocycles. The van der Waals surface area contributed by atoms with Crippen molar-refractivity contribution in [2.24, 2.45) is 5.73 Å². The van der Waals surface area contributed by atoms with Crippen LogP contribution in [0.25, 0.3) is 11.6 Å². The van der Waals surface area contributed by atoms with Gasteiger partial charge in [0, 0.05) is 18.3 Å². The van der Waals surface area contributed by atoms with Crippen molar-refractivity contribution >= 4 is 17.3 Å². The summed E-state index contributed by atoms with van der Waals surface area (Å²) in [6, 6.07) is 21.5. The lowest BCUT2D eigenvalue weighted by atomic mass is 9.95. The number of hydrogen-bond acceptors (Lipinski definition) is 2. The molecule has 2 heteroatoms. The van der Waals surface area contributed by atoms with E-state index in [4.69, 9.17) is 5.73 Å². The van der Waals surface area contributed by atoms with Crippen LogP contribution >= 0.6 is 0 Å². The first kappa shape index (κ1) is 27.5. The lowest BCUT2D eigenvalue weighted by Gasteiger charge is -2.23. The molecule has 0 aromatic heterocycles. The average molecular weight is 489 g/mol. The lowest BCUT2D eigenvalue weighted by molar-refractivity contribution is 1.04. The maximum absolute atomic E-state index is 6.66. The molecule has 0 bridgehead atoms. The van der Waals surface area contributed by atoms with Gasteiger partial charge in [-0.15, -0.1) is 0 Å². The molecule has 0 atom stereocenters. The van der Waals surface area contributed by atoms with E-state index in [-0.39, 0.29) is 0 Å². The molecule has 190 valence electrons. The quantitative estimate of drug-likeness (QED) is 0.305. The smallest absolute Gasteiger partial charge is 0.111 e. The molecule has 3 aromatic rings. The van der Waals surface area contributed by atoms with Gasteiger partial charge in [0.15, 0.2) is 0 Å². The van der Waals surface area contributed by atoms with Crippen molar-refractivity contribution in [2.45, 2.75) is 41.0 Å². The van der Waals surface area contributed by atoms with Gasteiger partial charge in [0.2, 0.25) is 0 Å². The molecule has 0 aliphatic heterocycles. The van der Waals surface area contributed by atoms with E-state index in [1.165, 1.54) is 27.8 Å². The third-order valence-corrected chi connectivity index (χ3v) is 7.22. The summed E-state index contributed by atoms with van der Waals surface area (Å²) in [5, 5.41) is 0. The predicted molar refractivity (Wildman–Crippen MR) is 164 cm³/mol. The van der Waals surface area contributed by atoms with Gasteiger partial charge in [0.05, 0.1) is 0 Å². The van der Waals surface area contributed by atoms with Crippen LogP contribution in [0.1, 0.15) is 52.8 Å². The second-order valence-electron chi connectivity index (χ2n) is 9.92. The predicted octanol–water partition coefficient (Wildman–Crippen LogP) is 8.69. The van der Waals surface area contributed by atoms with Crippen LogP contribution in [-0.4, -0.2) is 7.05 Å². The molecule has 0 heterocycles. The molecule has 0 aliphatic rings. The first-order valence-electron chi connectivity index (χ1n) is 12.7. The van der Waals surface area contributed by atoms with Crippen LogP contribution in [0.4, 0.5) is 5.69 Å². The van der Waals surface area contributed by atoms with Crippen molar-refractivity contribution in [1.82, 2.24) is 0 Å². The Hall–Kier alpha value is -4.04. The van der Waals surface area contributed by atoms with Crippen LogP contribution in [0.2, 0.25) is 0 Å². The summed E-state index contributed by atoms with van der Waals surface area (Å²) in [5.41, 5.74) is 20.2. The summed E-state index contributed by atoms with van der Waals surface area (Å²) in [6.07, 6.45) is 4.86. The van der Waals surface area contributed by atoms with E-state index in [0.717, 1.165) is 45.5 Å². The maximum Gasteiger partial charge on any atom is 0.111 e. The third-order valence-electron chi connectivity index (χ3n) is 7.22. The van der Waals surface area contributed by atoms with E-state index in [9.17, 15) is 0 Å². The van der Waals surface area contributed by atoms with Gasteiger partial charge < -0.3 is 10.6 Å². The second-order valence-corrected chi connectivity index (χ2v) is 9.92. The summed E-state index contributed by atoms with van der Waals surface area (Å²) < 4.78 is 0. The Morgan fingerprint density at radius 1 is 0.919 bits per heavy atom. The fourth-order valence-corrected chi connectivity index (χ4v) is 4.36. The van der Waals surface area contributed by atoms with Gasteiger partial charge in [-0.25, -0.2) is 0 Å². The van der Waals surface area contributed by atoms with Crippen molar-refractivity contribution in [2.75, 3.05) is 11.9 Å². The highest BCUT2D eigenvalue weighted by Gasteiger charge is 2.13. The normalized spacial score (nSPS) is 12.1. The van der Waals surface area contributed by atoms with E-state index < -0.39 is 0 Å². The van der Waals surface area contributed by atoms with Crippen molar-refractivity contribution in [3.63, 3.8) is 0 Å². The Morgan fingerprint density at radius 3 is 2.22 bits per heavy atom. The number of aryl methyl sites for hydroxylation is 2. The van der Waals surface area contributed by atoms with Gasteiger partial charge in [-0.05, 0) is 109 Å². The van der Waals surface area contributed by atoms with Crippen molar-refractivity contribution in [3.8, 4) is 0 Å². The minimum Gasteiger partial charge on any atom is -0.385 e. The van der Waals surface area contributed by atoms with Crippen LogP contribution in [0.15, 0.2) is 109 Å². The molecule has 0 saturated carbocycles. The van der Waals surface area contributed by atoms with Crippen molar-refractivity contribution in [3.05, 3.63) is 148 Å². The molecule has 0 spiro atoms. The molecule has 0 saturated heterocycles. The largest absolute Gasteiger partial charge is 0.385 e. The van der Waals surface area contributed by atoms with Gasteiger partial charge in [-0.3, -0.25) is 0 Å². The van der Waals surface area contributed by atoms with E-state index in [0.29, 0.717) is 5.82 Å². The maximum atomic E-state index is 6.66. The summed E-state index contributed by atoms with van der Waals surface area (Å²) in [4.78, 5) is 1.99. The first-order valence-corrected chi connectivity index (χ1v) is 12.7. The summed E-state index contributed by atoms with van der Waals surface area (Å²) in [6.45, 7) is 23.0. The fraction of sp³-hybridized carbons (Fsp3) is 0.200. The zero-order valence-electron chi connectivity index (χ0n) is 23.3. The summed E-state index contributed by atoms with van der Waals surface area (Å²) in [5.74, 6) is 0.613. The number of rotatable bonds is 9. The summed E-state index contributed by atoms with van der Waals surface area (Å²) in [7, 11) is 1.98. The van der Waals surface area contributed by atoms with Crippen LogP contribution < -0.4 is 10.6 Å². The Morgan fingerprint density at radius 2 is 1.59 bits per heavy atom. The van der Waals surface area contributed by atoms with E-state index in [1.54, 1.807) is 6.08 Å². The molecular weight excluding hydrogens is 448 g/mol. The van der Waals surface area contributed by atoms with Gasteiger partial charge in [-0.2, -0.15) is 0 Å². The average Bonchev–Trinajstić information content (AvgIpc) is 2.88. The van der Waals surface area contributed by atoms with Gasteiger partial charge >= 0.3 is 0 Å². The topological polar surface area (TPSA) is 29.3 Å². The third kappa shape index (κ3) is 6.40. The first-order chi connectivity index (χ1) is 17.5. The highest BCUT2D eigenvalue weighted by Crippen LogP contribution is 2.28. The highest BCUT2D eigenvalue weighted by molar-refractivity contribution is 5.70. The molecule has 0 radical (unpaired) electrons. The van der Waals surface area contributed by atoms with Gasteiger partial charge in [-0.1, -0.05) is 79.9 Å². The van der Waals surface area contributed by atoms with Crippen LogP contribution in [-0.2, 0) is 6.42 Å². The molecular formula is C35H40N2. The van der Waals surface area contributed by atoms with Gasteiger partial charge in [0.1, 0.15) is 5.82 Å². The summed E-state index contributed by atoms with van der Waals surface area (Å²) >= 11 is 0. The zero-order valence-corrected chi connectivity index (χ0v) is 23.3.